The number of rotatable bonds is 3. The smallest absolute Gasteiger partial charge is 0.155 e. The lowest BCUT2D eigenvalue weighted by molar-refractivity contribution is 0.668. The second-order valence-corrected chi connectivity index (χ2v) is 11.2. The number of pyridine rings is 1. The standard InChI is InChI=1S/C39H22N2O3/c1-2-8-24-18-35-32(17-23(24)7-1)39-38(44-35)21-27(22-40-39)41(25-13-15-30-28-9-3-5-11-33(28)42-36(30)19-25)26-14-16-31-29-10-4-6-12-34(29)43-37(31)20-26/h1-22H. The van der Waals surface area contributed by atoms with Crippen molar-refractivity contribution < 1.29 is 13.3 Å². The Kier molecular flexibility index (Phi) is 4.66. The summed E-state index contributed by atoms with van der Waals surface area (Å²) in [6.07, 6.45) is 1.91. The fraction of sp³-hybridized carbons (Fsp3) is 0. The van der Waals surface area contributed by atoms with Crippen molar-refractivity contribution in [2.45, 2.75) is 0 Å². The van der Waals surface area contributed by atoms with E-state index in [4.69, 9.17) is 18.2 Å². The first-order valence-corrected chi connectivity index (χ1v) is 14.6. The lowest BCUT2D eigenvalue weighted by Crippen LogP contribution is -2.10. The van der Waals surface area contributed by atoms with Crippen LogP contribution >= 0.6 is 0 Å². The second-order valence-electron chi connectivity index (χ2n) is 11.2. The molecule has 44 heavy (non-hydrogen) atoms. The largest absolute Gasteiger partial charge is 0.456 e. The summed E-state index contributed by atoms with van der Waals surface area (Å²) in [5, 5.41) is 7.66. The number of benzene rings is 6. The molecule has 206 valence electrons. The predicted octanol–water partition coefficient (Wildman–Crippen LogP) is 11.4. The molecular weight excluding hydrogens is 544 g/mol. The number of furan rings is 3. The molecule has 0 amide bonds. The van der Waals surface area contributed by atoms with Gasteiger partial charge in [-0.15, -0.1) is 0 Å². The summed E-state index contributed by atoms with van der Waals surface area (Å²) < 4.78 is 19.0. The molecule has 0 aliphatic carbocycles. The van der Waals surface area contributed by atoms with Crippen LogP contribution in [-0.4, -0.2) is 4.98 Å². The number of aromatic nitrogens is 1. The Labute approximate surface area is 250 Å². The molecule has 6 aromatic carbocycles. The Balaban J connectivity index is 1.20. The first kappa shape index (κ1) is 23.5. The normalized spacial score (nSPS) is 12.1. The van der Waals surface area contributed by atoms with Crippen molar-refractivity contribution in [3.63, 3.8) is 0 Å². The third kappa shape index (κ3) is 3.38. The molecule has 4 heterocycles. The number of nitrogens with zero attached hydrogens (tertiary/aromatic N) is 2. The summed E-state index contributed by atoms with van der Waals surface area (Å²) in [6, 6.07) is 43.6. The van der Waals surface area contributed by atoms with Crippen molar-refractivity contribution in [1.29, 1.82) is 0 Å². The van der Waals surface area contributed by atoms with Gasteiger partial charge in [-0.25, -0.2) is 4.98 Å². The van der Waals surface area contributed by atoms with Gasteiger partial charge in [0.15, 0.2) is 5.58 Å². The zero-order valence-electron chi connectivity index (χ0n) is 23.3. The van der Waals surface area contributed by atoms with Crippen molar-refractivity contribution in [3.05, 3.63) is 134 Å². The highest BCUT2D eigenvalue weighted by Gasteiger charge is 2.20. The minimum Gasteiger partial charge on any atom is -0.456 e. The van der Waals surface area contributed by atoms with E-state index >= 15 is 0 Å². The topological polar surface area (TPSA) is 55.6 Å². The molecule has 0 unspecified atom stereocenters. The highest BCUT2D eigenvalue weighted by atomic mass is 16.3. The van der Waals surface area contributed by atoms with Crippen LogP contribution in [0.2, 0.25) is 0 Å². The van der Waals surface area contributed by atoms with Crippen LogP contribution in [0, 0.1) is 0 Å². The highest BCUT2D eigenvalue weighted by Crippen LogP contribution is 2.42. The van der Waals surface area contributed by atoms with Crippen LogP contribution in [0.1, 0.15) is 0 Å². The average molecular weight is 567 g/mol. The molecule has 5 heteroatoms. The molecule has 0 spiro atoms. The van der Waals surface area contributed by atoms with Gasteiger partial charge in [0.2, 0.25) is 0 Å². The third-order valence-corrected chi connectivity index (χ3v) is 8.66. The van der Waals surface area contributed by atoms with E-state index in [1.807, 2.05) is 48.7 Å². The zero-order valence-corrected chi connectivity index (χ0v) is 23.3. The summed E-state index contributed by atoms with van der Waals surface area (Å²) in [7, 11) is 0. The van der Waals surface area contributed by atoms with E-state index in [-0.39, 0.29) is 0 Å². The molecule has 0 N–H and O–H groups in total. The Morgan fingerprint density at radius 3 is 1.55 bits per heavy atom. The molecule has 0 bridgehead atoms. The van der Waals surface area contributed by atoms with Crippen LogP contribution in [0.4, 0.5) is 17.1 Å². The number of para-hydroxylation sites is 2. The minimum atomic E-state index is 0.729. The van der Waals surface area contributed by atoms with Crippen LogP contribution in [0.15, 0.2) is 147 Å². The van der Waals surface area contributed by atoms with E-state index in [2.05, 4.69) is 89.8 Å². The van der Waals surface area contributed by atoms with E-state index in [1.54, 1.807) is 0 Å². The Morgan fingerprint density at radius 1 is 0.386 bits per heavy atom. The van der Waals surface area contributed by atoms with Gasteiger partial charge in [0.05, 0.1) is 11.9 Å². The summed E-state index contributed by atoms with van der Waals surface area (Å²) in [5.74, 6) is 0. The SMILES string of the molecule is c1ccc2cc3c(cc2c1)oc1cc(N(c2ccc4c(c2)oc2ccccc24)c2ccc4c(c2)oc2ccccc24)cnc13. The lowest BCUT2D eigenvalue weighted by Gasteiger charge is -2.25. The van der Waals surface area contributed by atoms with Crippen molar-refractivity contribution >= 4 is 93.8 Å². The molecule has 10 rings (SSSR count). The predicted molar refractivity (Wildman–Crippen MR) is 178 cm³/mol. The summed E-state index contributed by atoms with van der Waals surface area (Å²) in [4.78, 5) is 7.14. The van der Waals surface area contributed by atoms with E-state index in [0.29, 0.717) is 0 Å². The van der Waals surface area contributed by atoms with Gasteiger partial charge in [-0.1, -0.05) is 60.7 Å². The van der Waals surface area contributed by atoms with Gasteiger partial charge in [0.1, 0.15) is 33.4 Å². The van der Waals surface area contributed by atoms with Crippen molar-refractivity contribution in [2.75, 3.05) is 4.90 Å². The van der Waals surface area contributed by atoms with Gasteiger partial charge in [-0.3, -0.25) is 0 Å². The maximum Gasteiger partial charge on any atom is 0.155 e. The quantitative estimate of drug-likeness (QED) is 0.213. The van der Waals surface area contributed by atoms with E-state index in [0.717, 1.165) is 93.8 Å². The van der Waals surface area contributed by atoms with Gasteiger partial charge in [0.25, 0.3) is 0 Å². The molecule has 0 saturated carbocycles. The molecular formula is C39H22N2O3. The fourth-order valence-electron chi connectivity index (χ4n) is 6.60. The number of fused-ring (bicyclic) bond motifs is 10. The second kappa shape index (κ2) is 8.72. The third-order valence-electron chi connectivity index (χ3n) is 8.66. The van der Waals surface area contributed by atoms with Gasteiger partial charge in [-0.2, -0.15) is 0 Å². The van der Waals surface area contributed by atoms with Gasteiger partial charge in [-0.05, 0) is 59.3 Å². The van der Waals surface area contributed by atoms with Crippen LogP contribution in [0.25, 0.3) is 76.7 Å². The monoisotopic (exact) mass is 566 g/mol. The Hall–Kier alpha value is -6.07. The van der Waals surface area contributed by atoms with Crippen LogP contribution < -0.4 is 4.90 Å². The van der Waals surface area contributed by atoms with E-state index < -0.39 is 0 Å². The van der Waals surface area contributed by atoms with Crippen molar-refractivity contribution in [1.82, 2.24) is 4.98 Å². The number of hydrogen-bond donors (Lipinski definition) is 0. The van der Waals surface area contributed by atoms with E-state index in [9.17, 15) is 0 Å². The number of hydrogen-bond acceptors (Lipinski definition) is 5. The van der Waals surface area contributed by atoms with Gasteiger partial charge in [0, 0.05) is 56.5 Å². The summed E-state index contributed by atoms with van der Waals surface area (Å²) >= 11 is 0. The molecule has 0 atom stereocenters. The maximum atomic E-state index is 6.42. The van der Waals surface area contributed by atoms with Gasteiger partial charge >= 0.3 is 0 Å². The minimum absolute atomic E-state index is 0.729. The van der Waals surface area contributed by atoms with Crippen LogP contribution in [0.3, 0.4) is 0 Å². The van der Waals surface area contributed by atoms with Crippen molar-refractivity contribution in [2.24, 2.45) is 0 Å². The molecule has 0 radical (unpaired) electrons. The lowest BCUT2D eigenvalue weighted by atomic mass is 10.1. The Bertz CT molecular complexity index is 2630. The van der Waals surface area contributed by atoms with E-state index in [1.165, 1.54) is 0 Å². The number of anilines is 3. The molecule has 0 fully saturated rings. The van der Waals surface area contributed by atoms with Gasteiger partial charge < -0.3 is 18.2 Å². The Morgan fingerprint density at radius 2 is 0.886 bits per heavy atom. The molecule has 0 saturated heterocycles. The van der Waals surface area contributed by atoms with Crippen LogP contribution in [0.5, 0.6) is 0 Å². The molecule has 0 aliphatic heterocycles. The maximum absolute atomic E-state index is 6.42. The summed E-state index contributed by atoms with van der Waals surface area (Å²) in [5.41, 5.74) is 8.52. The fourth-order valence-corrected chi connectivity index (χ4v) is 6.60. The zero-order chi connectivity index (χ0) is 28.8. The van der Waals surface area contributed by atoms with Crippen LogP contribution in [-0.2, 0) is 0 Å². The first-order valence-electron chi connectivity index (χ1n) is 14.6. The first-order chi connectivity index (χ1) is 21.8. The molecule has 10 aromatic rings. The summed E-state index contributed by atoms with van der Waals surface area (Å²) in [6.45, 7) is 0. The molecule has 4 aromatic heterocycles. The molecule has 0 aliphatic rings. The average Bonchev–Trinajstić information content (AvgIpc) is 3.73. The highest BCUT2D eigenvalue weighted by molar-refractivity contribution is 6.10. The molecule has 5 nitrogen and oxygen atoms in total. The van der Waals surface area contributed by atoms with Crippen molar-refractivity contribution in [3.8, 4) is 0 Å².